The first-order valence-electron chi connectivity index (χ1n) is 17.5. The van der Waals surface area contributed by atoms with E-state index in [1.807, 2.05) is 13.0 Å². The van der Waals surface area contributed by atoms with Gasteiger partial charge in [0.1, 0.15) is 24.4 Å². The number of fused-ring (bicyclic) bond motifs is 5. The first-order valence-corrected chi connectivity index (χ1v) is 17.5. The normalized spacial score (nSPS) is 52.1. The third kappa shape index (κ3) is 5.64. The van der Waals surface area contributed by atoms with E-state index in [4.69, 9.17) is 9.47 Å². The highest BCUT2D eigenvalue weighted by atomic mass is 16.7. The van der Waals surface area contributed by atoms with E-state index < -0.39 is 77.7 Å². The lowest BCUT2D eigenvalue weighted by Gasteiger charge is -2.71. The van der Waals surface area contributed by atoms with Crippen molar-refractivity contribution in [2.24, 2.45) is 45.3 Å². The van der Waals surface area contributed by atoms with E-state index in [-0.39, 0.29) is 34.5 Å². The summed E-state index contributed by atoms with van der Waals surface area (Å²) in [7, 11) is 0. The molecule has 4 saturated carbocycles. The van der Waals surface area contributed by atoms with Crippen LogP contribution in [0.1, 0.15) is 100 Å². The van der Waals surface area contributed by atoms with Crippen molar-refractivity contribution >= 4 is 0 Å². The Morgan fingerprint density at radius 2 is 1.52 bits per heavy atom. The number of rotatable bonds is 7. The Bertz CT molecular complexity index is 1130. The van der Waals surface area contributed by atoms with E-state index in [1.54, 1.807) is 19.9 Å². The Labute approximate surface area is 274 Å². The number of aliphatic hydroxyl groups is 8. The Hall–Kier alpha value is -0.660. The van der Waals surface area contributed by atoms with Crippen LogP contribution in [0.2, 0.25) is 0 Å². The van der Waals surface area contributed by atoms with Gasteiger partial charge in [0, 0.05) is 0 Å². The van der Waals surface area contributed by atoms with E-state index in [0.717, 1.165) is 12.8 Å². The molecule has 1 heterocycles. The highest BCUT2D eigenvalue weighted by Crippen LogP contribution is 2.76. The molecular formula is C36H62O10. The van der Waals surface area contributed by atoms with Gasteiger partial charge >= 0.3 is 0 Å². The molecular weight excluding hydrogens is 592 g/mol. The van der Waals surface area contributed by atoms with Gasteiger partial charge in [-0.05, 0) is 111 Å². The van der Waals surface area contributed by atoms with E-state index in [1.165, 1.54) is 0 Å². The van der Waals surface area contributed by atoms with E-state index in [0.29, 0.717) is 32.1 Å². The Morgan fingerprint density at radius 3 is 2.13 bits per heavy atom. The molecule has 0 aromatic heterocycles. The molecule has 8 N–H and O–H groups in total. The van der Waals surface area contributed by atoms with Gasteiger partial charge in [-0.2, -0.15) is 0 Å². The molecule has 266 valence electrons. The van der Waals surface area contributed by atoms with Crippen molar-refractivity contribution in [3.05, 3.63) is 12.2 Å². The van der Waals surface area contributed by atoms with E-state index in [9.17, 15) is 40.9 Å². The molecule has 5 aliphatic rings. The molecule has 0 bridgehead atoms. The number of aliphatic hydroxyl groups excluding tert-OH is 6. The molecule has 10 heteroatoms. The molecule has 1 aliphatic heterocycles. The zero-order valence-electron chi connectivity index (χ0n) is 29.1. The minimum Gasteiger partial charge on any atom is -0.394 e. The second-order valence-corrected chi connectivity index (χ2v) is 17.9. The lowest BCUT2D eigenvalue weighted by atomic mass is 9.34. The third-order valence-electron chi connectivity index (χ3n) is 14.2. The molecule has 0 radical (unpaired) electrons. The number of hydrogen-bond acceptors (Lipinski definition) is 10. The third-order valence-corrected chi connectivity index (χ3v) is 14.2. The number of ether oxygens (including phenoxy) is 2. The zero-order chi connectivity index (χ0) is 34.4. The molecule has 1 saturated heterocycles. The summed E-state index contributed by atoms with van der Waals surface area (Å²) in [4.78, 5) is 0. The van der Waals surface area contributed by atoms with Crippen LogP contribution in [-0.4, -0.2) is 108 Å². The van der Waals surface area contributed by atoms with Gasteiger partial charge in [0.2, 0.25) is 0 Å². The van der Waals surface area contributed by atoms with Crippen LogP contribution in [0, 0.1) is 45.3 Å². The molecule has 5 rings (SSSR count). The highest BCUT2D eigenvalue weighted by Gasteiger charge is 2.73. The fourth-order valence-electron chi connectivity index (χ4n) is 11.8. The largest absolute Gasteiger partial charge is 0.394 e. The first kappa shape index (κ1) is 36.6. The van der Waals surface area contributed by atoms with Gasteiger partial charge in [-0.25, -0.2) is 0 Å². The molecule has 10 nitrogen and oxygen atoms in total. The van der Waals surface area contributed by atoms with Crippen LogP contribution in [0.25, 0.3) is 0 Å². The van der Waals surface area contributed by atoms with Crippen molar-refractivity contribution in [1.82, 2.24) is 0 Å². The topological polar surface area (TPSA) is 180 Å². The van der Waals surface area contributed by atoms with E-state index >= 15 is 0 Å². The second-order valence-electron chi connectivity index (χ2n) is 17.9. The molecule has 4 aliphatic carbocycles. The van der Waals surface area contributed by atoms with Crippen LogP contribution in [0.4, 0.5) is 0 Å². The fraction of sp³-hybridized carbons (Fsp3) is 0.944. The van der Waals surface area contributed by atoms with Crippen LogP contribution in [0.15, 0.2) is 12.2 Å². The molecule has 5 fully saturated rings. The van der Waals surface area contributed by atoms with Gasteiger partial charge in [0.25, 0.3) is 0 Å². The molecule has 16 atom stereocenters. The Morgan fingerprint density at radius 1 is 0.870 bits per heavy atom. The summed E-state index contributed by atoms with van der Waals surface area (Å²) in [5.41, 5.74) is -3.78. The molecule has 0 unspecified atom stereocenters. The van der Waals surface area contributed by atoms with Gasteiger partial charge in [-0.1, -0.05) is 46.8 Å². The van der Waals surface area contributed by atoms with E-state index in [2.05, 4.69) is 34.6 Å². The highest BCUT2D eigenvalue weighted by molar-refractivity contribution is 5.22. The van der Waals surface area contributed by atoms with Gasteiger partial charge in [0.15, 0.2) is 6.29 Å². The van der Waals surface area contributed by atoms with Crippen molar-refractivity contribution in [2.45, 2.75) is 161 Å². The number of hydrogen-bond donors (Lipinski definition) is 8. The van der Waals surface area contributed by atoms with Crippen molar-refractivity contribution in [1.29, 1.82) is 0 Å². The Balaban J connectivity index is 1.58. The monoisotopic (exact) mass is 654 g/mol. The summed E-state index contributed by atoms with van der Waals surface area (Å²) in [6.45, 7) is 15.6. The Kier molecular flexibility index (Phi) is 9.55. The van der Waals surface area contributed by atoms with Gasteiger partial charge in [0.05, 0.1) is 36.1 Å². The standard InChI is InChI=1S/C36H62O10/c1-31(2,43)12-9-13-36(8,44)19-10-15-34(6)25(19)21(45-30-28(42)27(41)26(40)22(18-37)46-30)16-23-33(5)14-11-24(39)32(3,4)29(33)20(38)17-35(23,34)7/h9,12,19-30,37-44H,10-11,13-18H2,1-8H3/b12-9+/t19-,20-,21+,22+,23+,24-,25-,26+,27-,28+,29-,30+,33+,34+,35+,36-/m0/s1. The molecule has 0 spiro atoms. The lowest BCUT2D eigenvalue weighted by Crippen LogP contribution is -2.70. The maximum Gasteiger partial charge on any atom is 0.186 e. The second kappa shape index (κ2) is 12.0. The fourth-order valence-corrected chi connectivity index (χ4v) is 11.8. The maximum absolute atomic E-state index is 12.1. The van der Waals surface area contributed by atoms with Gasteiger partial charge < -0.3 is 50.3 Å². The molecule has 0 aromatic carbocycles. The maximum atomic E-state index is 12.1. The van der Waals surface area contributed by atoms with Crippen molar-refractivity contribution in [2.75, 3.05) is 6.61 Å². The predicted octanol–water partition coefficient (Wildman–Crippen LogP) is 2.27. The molecule has 46 heavy (non-hydrogen) atoms. The summed E-state index contributed by atoms with van der Waals surface area (Å²) in [6.07, 6.45) is -0.895. The van der Waals surface area contributed by atoms with Gasteiger partial charge in [-0.3, -0.25) is 0 Å². The van der Waals surface area contributed by atoms with Crippen LogP contribution < -0.4 is 0 Å². The summed E-state index contributed by atoms with van der Waals surface area (Å²) < 4.78 is 12.6. The smallest absolute Gasteiger partial charge is 0.186 e. The summed E-state index contributed by atoms with van der Waals surface area (Å²) in [6, 6.07) is 0. The summed E-state index contributed by atoms with van der Waals surface area (Å²) in [5, 5.41) is 87.5. The predicted molar refractivity (Wildman–Crippen MR) is 171 cm³/mol. The van der Waals surface area contributed by atoms with Crippen LogP contribution in [0.5, 0.6) is 0 Å². The molecule has 0 aromatic rings. The van der Waals surface area contributed by atoms with Crippen LogP contribution in [0.3, 0.4) is 0 Å². The van der Waals surface area contributed by atoms with Crippen LogP contribution in [-0.2, 0) is 9.47 Å². The minimum absolute atomic E-state index is 0.0649. The average molecular weight is 655 g/mol. The van der Waals surface area contributed by atoms with Crippen molar-refractivity contribution in [3.8, 4) is 0 Å². The SMILES string of the molecule is CC(C)(O)/C=C/C[C@](C)(O)[C@H]1CC[C@]2(C)[C@@H]1[C@H](O[C@@H]1O[C@H](CO)[C@@H](O)[C@H](O)[C@H]1O)C[C@@H]1[C@@]3(C)CC[C@H](O)C(C)(C)[C@@H]3[C@@H](O)C[C@]12C. The van der Waals surface area contributed by atoms with Crippen LogP contribution >= 0.6 is 0 Å². The van der Waals surface area contributed by atoms with Crippen molar-refractivity contribution < 1.29 is 50.3 Å². The zero-order valence-corrected chi connectivity index (χ0v) is 29.1. The van der Waals surface area contributed by atoms with Gasteiger partial charge in [-0.15, -0.1) is 0 Å². The average Bonchev–Trinajstić information content (AvgIpc) is 3.31. The minimum atomic E-state index is -1.57. The quantitative estimate of drug-likeness (QED) is 0.150. The first-order chi connectivity index (χ1) is 21.0. The summed E-state index contributed by atoms with van der Waals surface area (Å²) >= 11 is 0. The summed E-state index contributed by atoms with van der Waals surface area (Å²) in [5.74, 6) is -0.539. The van der Waals surface area contributed by atoms with Crippen molar-refractivity contribution in [3.63, 3.8) is 0 Å². The lowest BCUT2D eigenvalue weighted by molar-refractivity contribution is -0.339. The molecule has 0 amide bonds.